The van der Waals surface area contributed by atoms with Gasteiger partial charge in [-0.3, -0.25) is 9.59 Å². The van der Waals surface area contributed by atoms with Crippen LogP contribution in [0.4, 0.5) is 0 Å². The standard InChI is InChI=1S/C14H20O4/c1-11-5-3-7-14(16)18-10-12(2)6-4-8-13(15)17-9-11/h3-6,11-12H,7-10H2,1-2H3/b5-3-,6-4-. The van der Waals surface area contributed by atoms with Gasteiger partial charge in [0.05, 0.1) is 26.1 Å². The highest BCUT2D eigenvalue weighted by Gasteiger charge is 2.07. The molecule has 100 valence electrons. The van der Waals surface area contributed by atoms with Gasteiger partial charge in [0.2, 0.25) is 0 Å². The van der Waals surface area contributed by atoms with Crippen LogP contribution in [0.1, 0.15) is 26.7 Å². The van der Waals surface area contributed by atoms with E-state index in [9.17, 15) is 9.59 Å². The van der Waals surface area contributed by atoms with Gasteiger partial charge in [-0.05, 0) is 0 Å². The summed E-state index contributed by atoms with van der Waals surface area (Å²) in [5, 5.41) is 0. The molecule has 0 amide bonds. The van der Waals surface area contributed by atoms with Crippen molar-refractivity contribution in [2.75, 3.05) is 13.2 Å². The number of ether oxygens (including phenoxy) is 2. The molecule has 0 N–H and O–H groups in total. The van der Waals surface area contributed by atoms with E-state index in [1.54, 1.807) is 12.2 Å². The van der Waals surface area contributed by atoms with Crippen molar-refractivity contribution in [2.45, 2.75) is 26.7 Å². The average Bonchev–Trinajstić information content (AvgIpc) is 2.33. The van der Waals surface area contributed by atoms with Crippen molar-refractivity contribution in [1.82, 2.24) is 0 Å². The molecule has 0 aromatic carbocycles. The molecule has 2 unspecified atom stereocenters. The van der Waals surface area contributed by atoms with E-state index in [2.05, 4.69) is 0 Å². The molecule has 4 nitrogen and oxygen atoms in total. The highest BCUT2D eigenvalue weighted by molar-refractivity contribution is 5.71. The summed E-state index contributed by atoms with van der Waals surface area (Å²) in [7, 11) is 0. The molecule has 1 aliphatic heterocycles. The van der Waals surface area contributed by atoms with E-state index in [-0.39, 0.29) is 36.6 Å². The van der Waals surface area contributed by atoms with E-state index in [0.717, 1.165) is 0 Å². The molecule has 0 saturated carbocycles. The summed E-state index contributed by atoms with van der Waals surface area (Å²) in [6.07, 6.45) is 7.75. The van der Waals surface area contributed by atoms with Gasteiger partial charge >= 0.3 is 11.9 Å². The van der Waals surface area contributed by atoms with Crippen molar-refractivity contribution in [3.05, 3.63) is 24.3 Å². The number of carbonyl (C=O) groups is 2. The molecular formula is C14H20O4. The smallest absolute Gasteiger partial charge is 0.309 e. The van der Waals surface area contributed by atoms with Crippen LogP contribution in [0.25, 0.3) is 0 Å². The molecule has 0 aromatic heterocycles. The Morgan fingerprint density at radius 2 is 1.28 bits per heavy atom. The quantitative estimate of drug-likeness (QED) is 0.490. The third kappa shape index (κ3) is 6.23. The van der Waals surface area contributed by atoms with Gasteiger partial charge in [0.15, 0.2) is 0 Å². The summed E-state index contributed by atoms with van der Waals surface area (Å²) < 4.78 is 10.2. The van der Waals surface area contributed by atoms with Gasteiger partial charge in [-0.1, -0.05) is 38.2 Å². The summed E-state index contributed by atoms with van der Waals surface area (Å²) in [6, 6.07) is 0. The van der Waals surface area contributed by atoms with E-state index >= 15 is 0 Å². The molecule has 0 spiro atoms. The molecule has 2 atom stereocenters. The van der Waals surface area contributed by atoms with Gasteiger partial charge in [-0.2, -0.15) is 0 Å². The largest absolute Gasteiger partial charge is 0.465 e. The molecule has 0 bridgehead atoms. The van der Waals surface area contributed by atoms with Crippen LogP contribution < -0.4 is 0 Å². The summed E-state index contributed by atoms with van der Waals surface area (Å²) in [5.41, 5.74) is 0. The Morgan fingerprint density at radius 3 is 1.67 bits per heavy atom. The van der Waals surface area contributed by atoms with Gasteiger partial charge in [-0.25, -0.2) is 0 Å². The van der Waals surface area contributed by atoms with Gasteiger partial charge < -0.3 is 9.47 Å². The minimum atomic E-state index is -0.229. The van der Waals surface area contributed by atoms with E-state index in [1.807, 2.05) is 26.0 Å². The Balaban J connectivity index is 2.58. The van der Waals surface area contributed by atoms with Crippen LogP contribution in [-0.4, -0.2) is 25.2 Å². The lowest BCUT2D eigenvalue weighted by molar-refractivity contribution is -0.144. The Kier molecular flexibility index (Phi) is 6.19. The van der Waals surface area contributed by atoms with Crippen LogP contribution in [0.2, 0.25) is 0 Å². The second-order valence-corrected chi connectivity index (χ2v) is 4.59. The molecular weight excluding hydrogens is 232 g/mol. The van der Waals surface area contributed by atoms with Crippen LogP contribution in [0.3, 0.4) is 0 Å². The van der Waals surface area contributed by atoms with Crippen molar-refractivity contribution in [3.63, 3.8) is 0 Å². The number of esters is 2. The summed E-state index contributed by atoms with van der Waals surface area (Å²) >= 11 is 0. The lowest BCUT2D eigenvalue weighted by Gasteiger charge is -2.10. The molecule has 4 heteroatoms. The van der Waals surface area contributed by atoms with Gasteiger partial charge in [0, 0.05) is 11.8 Å². The molecule has 18 heavy (non-hydrogen) atoms. The Labute approximate surface area is 108 Å². The second-order valence-electron chi connectivity index (χ2n) is 4.59. The monoisotopic (exact) mass is 252 g/mol. The molecule has 0 aliphatic carbocycles. The van der Waals surface area contributed by atoms with Gasteiger partial charge in [0.25, 0.3) is 0 Å². The van der Waals surface area contributed by atoms with Crippen molar-refractivity contribution in [1.29, 1.82) is 0 Å². The first-order valence-corrected chi connectivity index (χ1v) is 6.22. The highest BCUT2D eigenvalue weighted by atomic mass is 16.5. The number of carbonyl (C=O) groups excluding carboxylic acids is 2. The predicted molar refractivity (Wildman–Crippen MR) is 67.8 cm³/mol. The third-order valence-electron chi connectivity index (χ3n) is 2.51. The third-order valence-corrected chi connectivity index (χ3v) is 2.51. The van der Waals surface area contributed by atoms with E-state index in [4.69, 9.17) is 9.47 Å². The lowest BCUT2D eigenvalue weighted by atomic mass is 10.1. The van der Waals surface area contributed by atoms with E-state index in [0.29, 0.717) is 13.2 Å². The zero-order valence-corrected chi connectivity index (χ0v) is 10.9. The first-order chi connectivity index (χ1) is 8.58. The second kappa shape index (κ2) is 7.69. The predicted octanol–water partition coefficient (Wildman–Crippen LogP) is 2.25. The van der Waals surface area contributed by atoms with Crippen LogP contribution in [0.15, 0.2) is 24.3 Å². The van der Waals surface area contributed by atoms with Crippen LogP contribution in [0, 0.1) is 11.8 Å². The summed E-state index contributed by atoms with van der Waals surface area (Å²) in [4.78, 5) is 22.7. The zero-order chi connectivity index (χ0) is 13.4. The van der Waals surface area contributed by atoms with E-state index in [1.165, 1.54) is 0 Å². The SMILES string of the molecule is CC1/C=C\CC(=O)OCC(C)/C=C\CC(=O)OC1. The topological polar surface area (TPSA) is 52.6 Å². The van der Waals surface area contributed by atoms with Gasteiger partial charge in [-0.15, -0.1) is 0 Å². The fraction of sp³-hybridized carbons (Fsp3) is 0.571. The number of hydrogen-bond donors (Lipinski definition) is 0. The zero-order valence-electron chi connectivity index (χ0n) is 10.9. The van der Waals surface area contributed by atoms with Crippen LogP contribution in [-0.2, 0) is 19.1 Å². The maximum atomic E-state index is 11.4. The Bertz CT molecular complexity index is 310. The normalized spacial score (nSPS) is 30.8. The molecule has 0 saturated heterocycles. The maximum absolute atomic E-state index is 11.4. The molecule has 1 aliphatic rings. The number of cyclic esters (lactones) is 2. The van der Waals surface area contributed by atoms with Crippen molar-refractivity contribution in [2.24, 2.45) is 11.8 Å². The fourth-order valence-electron chi connectivity index (χ4n) is 1.47. The van der Waals surface area contributed by atoms with Crippen molar-refractivity contribution < 1.29 is 19.1 Å². The molecule has 0 aromatic rings. The highest BCUT2D eigenvalue weighted by Crippen LogP contribution is 2.05. The van der Waals surface area contributed by atoms with Crippen molar-refractivity contribution in [3.8, 4) is 0 Å². The summed E-state index contributed by atoms with van der Waals surface area (Å²) in [6.45, 7) is 4.54. The molecule has 1 rings (SSSR count). The number of hydrogen-bond acceptors (Lipinski definition) is 4. The van der Waals surface area contributed by atoms with Crippen molar-refractivity contribution >= 4 is 11.9 Å². The lowest BCUT2D eigenvalue weighted by Crippen LogP contribution is -2.12. The Morgan fingerprint density at radius 1 is 0.889 bits per heavy atom. The Hall–Kier alpha value is -1.58. The molecule has 1 heterocycles. The summed E-state index contributed by atoms with van der Waals surface area (Å²) in [5.74, 6) is -0.249. The first kappa shape index (κ1) is 14.5. The van der Waals surface area contributed by atoms with Crippen LogP contribution in [0.5, 0.6) is 0 Å². The van der Waals surface area contributed by atoms with Gasteiger partial charge in [0.1, 0.15) is 0 Å². The fourth-order valence-corrected chi connectivity index (χ4v) is 1.47. The minimum absolute atomic E-state index is 0.104. The maximum Gasteiger partial charge on any atom is 0.309 e. The molecule has 0 radical (unpaired) electrons. The van der Waals surface area contributed by atoms with E-state index < -0.39 is 0 Å². The minimum Gasteiger partial charge on any atom is -0.465 e. The number of rotatable bonds is 0. The average molecular weight is 252 g/mol. The van der Waals surface area contributed by atoms with Crippen LogP contribution >= 0.6 is 0 Å². The molecule has 0 fully saturated rings. The first-order valence-electron chi connectivity index (χ1n) is 6.22.